The predicted octanol–water partition coefficient (Wildman–Crippen LogP) is 5.14. The molecule has 0 bridgehead atoms. The first-order chi connectivity index (χ1) is 18.1. The van der Waals surface area contributed by atoms with Gasteiger partial charge in [-0.25, -0.2) is 0 Å². The number of carbonyl (C=O) groups is 1. The first kappa shape index (κ1) is 25.4. The normalized spacial score (nSPS) is 10.9. The van der Waals surface area contributed by atoms with Crippen molar-refractivity contribution in [1.82, 2.24) is 10.2 Å². The molecule has 8 nitrogen and oxygen atoms in total. The number of hydrogen-bond acceptors (Lipinski definition) is 8. The molecule has 186 valence electrons. The number of nitrogens with zero attached hydrogens (tertiary/aromatic N) is 3. The molecular formula is C28H24N4O4S. The minimum absolute atomic E-state index is 0.0770. The number of amides is 1. The molecule has 37 heavy (non-hydrogen) atoms. The van der Waals surface area contributed by atoms with Crippen molar-refractivity contribution in [3.05, 3.63) is 101 Å². The molecule has 4 aromatic rings. The highest BCUT2D eigenvalue weighted by molar-refractivity contribution is 7.15. The number of nitriles is 1. The summed E-state index contributed by atoms with van der Waals surface area (Å²) in [5.74, 6) is 1.20. The number of aromatic nitrogens is 2. The fourth-order valence-electron chi connectivity index (χ4n) is 3.35. The lowest BCUT2D eigenvalue weighted by atomic mass is 10.1. The lowest BCUT2D eigenvalue weighted by molar-refractivity contribution is -0.112. The maximum absolute atomic E-state index is 12.7. The van der Waals surface area contributed by atoms with E-state index < -0.39 is 5.91 Å². The Bertz CT molecular complexity index is 1400. The van der Waals surface area contributed by atoms with Gasteiger partial charge in [-0.2, -0.15) is 5.26 Å². The highest BCUT2D eigenvalue weighted by Crippen LogP contribution is 2.29. The van der Waals surface area contributed by atoms with Crippen molar-refractivity contribution in [3.8, 4) is 23.3 Å². The Labute approximate surface area is 218 Å². The van der Waals surface area contributed by atoms with Gasteiger partial charge >= 0.3 is 0 Å². The smallest absolute Gasteiger partial charge is 0.268 e. The Hall–Kier alpha value is -4.68. The van der Waals surface area contributed by atoms with Crippen LogP contribution in [0.1, 0.15) is 16.1 Å². The maximum Gasteiger partial charge on any atom is 0.268 e. The van der Waals surface area contributed by atoms with Crippen LogP contribution in [0.2, 0.25) is 0 Å². The van der Waals surface area contributed by atoms with Crippen molar-refractivity contribution in [3.63, 3.8) is 0 Å². The zero-order chi connectivity index (χ0) is 25.9. The molecule has 9 heteroatoms. The number of benzene rings is 3. The van der Waals surface area contributed by atoms with Crippen molar-refractivity contribution in [2.24, 2.45) is 0 Å². The SMILES string of the molecule is COc1cc(C=C(C#N)C(=O)Nc2nnc(Cc3ccccc3)s2)ccc1OCCOc1ccccc1. The number of para-hydroxylation sites is 1. The summed E-state index contributed by atoms with van der Waals surface area (Å²) >= 11 is 1.27. The summed E-state index contributed by atoms with van der Waals surface area (Å²) in [5, 5.41) is 21.5. The topological polar surface area (TPSA) is 106 Å². The van der Waals surface area contributed by atoms with Crippen molar-refractivity contribution in [2.75, 3.05) is 25.6 Å². The average Bonchev–Trinajstić information content (AvgIpc) is 3.37. The van der Waals surface area contributed by atoms with E-state index in [-0.39, 0.29) is 5.57 Å². The molecule has 4 rings (SSSR count). The van der Waals surface area contributed by atoms with E-state index in [0.717, 1.165) is 16.3 Å². The average molecular weight is 513 g/mol. The largest absolute Gasteiger partial charge is 0.493 e. The molecule has 1 aromatic heterocycles. The summed E-state index contributed by atoms with van der Waals surface area (Å²) in [7, 11) is 1.52. The van der Waals surface area contributed by atoms with E-state index in [1.54, 1.807) is 18.2 Å². The third-order valence-corrected chi connectivity index (χ3v) is 5.94. The fraction of sp³-hybridized carbons (Fsp3) is 0.143. The summed E-state index contributed by atoms with van der Waals surface area (Å²) in [5.41, 5.74) is 1.63. The molecule has 1 N–H and O–H groups in total. The molecule has 1 amide bonds. The van der Waals surface area contributed by atoms with Gasteiger partial charge in [-0.1, -0.05) is 65.9 Å². The molecular weight excluding hydrogens is 488 g/mol. The molecule has 0 saturated heterocycles. The number of carbonyl (C=O) groups excluding carboxylic acids is 1. The molecule has 3 aromatic carbocycles. The van der Waals surface area contributed by atoms with Crippen LogP contribution in [0.3, 0.4) is 0 Å². The second-order valence-electron chi connectivity index (χ2n) is 7.71. The Morgan fingerprint density at radius 3 is 2.43 bits per heavy atom. The quantitative estimate of drug-likeness (QED) is 0.168. The predicted molar refractivity (Wildman–Crippen MR) is 142 cm³/mol. The van der Waals surface area contributed by atoms with Crippen LogP contribution < -0.4 is 19.5 Å². The Morgan fingerprint density at radius 1 is 0.973 bits per heavy atom. The minimum Gasteiger partial charge on any atom is -0.493 e. The number of methoxy groups -OCH3 is 1. The van der Waals surface area contributed by atoms with Gasteiger partial charge in [0.25, 0.3) is 5.91 Å². The lowest BCUT2D eigenvalue weighted by Gasteiger charge is -2.12. The Morgan fingerprint density at radius 2 is 1.70 bits per heavy atom. The highest BCUT2D eigenvalue weighted by atomic mass is 32.1. The number of anilines is 1. The van der Waals surface area contributed by atoms with Crippen LogP contribution in [0, 0.1) is 11.3 Å². The van der Waals surface area contributed by atoms with E-state index in [4.69, 9.17) is 14.2 Å². The summed E-state index contributed by atoms with van der Waals surface area (Å²) in [6.45, 7) is 0.687. The van der Waals surface area contributed by atoms with Gasteiger partial charge in [0.15, 0.2) is 11.5 Å². The molecule has 0 unspecified atom stereocenters. The van der Waals surface area contributed by atoms with Gasteiger partial charge in [-0.15, -0.1) is 10.2 Å². The van der Waals surface area contributed by atoms with Crippen LogP contribution >= 0.6 is 11.3 Å². The van der Waals surface area contributed by atoms with Gasteiger partial charge in [0.1, 0.15) is 35.6 Å². The number of hydrogen-bond donors (Lipinski definition) is 1. The first-order valence-corrected chi connectivity index (χ1v) is 12.2. The highest BCUT2D eigenvalue weighted by Gasteiger charge is 2.14. The molecule has 0 saturated carbocycles. The molecule has 0 radical (unpaired) electrons. The third-order valence-electron chi connectivity index (χ3n) is 5.10. The number of ether oxygens (including phenoxy) is 3. The zero-order valence-electron chi connectivity index (χ0n) is 20.1. The van der Waals surface area contributed by atoms with Crippen molar-refractivity contribution >= 4 is 28.5 Å². The van der Waals surface area contributed by atoms with Gasteiger partial charge in [-0.3, -0.25) is 10.1 Å². The van der Waals surface area contributed by atoms with E-state index in [0.29, 0.717) is 41.8 Å². The lowest BCUT2D eigenvalue weighted by Crippen LogP contribution is -2.13. The standard InChI is InChI=1S/C28H24N4O4S/c1-34-25-17-21(12-13-24(25)36-15-14-35-23-10-6-3-7-11-23)16-22(19-29)27(33)30-28-32-31-26(37-28)18-20-8-4-2-5-9-20/h2-13,16-17H,14-15,18H2,1H3,(H,30,32,33). The van der Waals surface area contributed by atoms with Crippen molar-refractivity contribution in [1.29, 1.82) is 5.26 Å². The number of rotatable bonds is 11. The van der Waals surface area contributed by atoms with Crippen LogP contribution in [0.25, 0.3) is 6.08 Å². The van der Waals surface area contributed by atoms with Gasteiger partial charge in [-0.05, 0) is 41.5 Å². The van der Waals surface area contributed by atoms with Crippen LogP contribution in [0.5, 0.6) is 17.2 Å². The molecule has 0 aliphatic heterocycles. The van der Waals surface area contributed by atoms with E-state index >= 15 is 0 Å². The second kappa shape index (κ2) is 12.9. The van der Waals surface area contributed by atoms with E-state index in [9.17, 15) is 10.1 Å². The Balaban J connectivity index is 1.36. The van der Waals surface area contributed by atoms with Crippen LogP contribution in [0.15, 0.2) is 84.4 Å². The molecule has 0 aliphatic rings. The van der Waals surface area contributed by atoms with E-state index in [2.05, 4.69) is 15.5 Å². The third kappa shape index (κ3) is 7.40. The molecule has 1 heterocycles. The van der Waals surface area contributed by atoms with E-state index in [1.807, 2.05) is 66.7 Å². The summed E-state index contributed by atoms with van der Waals surface area (Å²) in [4.78, 5) is 12.7. The minimum atomic E-state index is -0.567. The van der Waals surface area contributed by atoms with E-state index in [1.165, 1.54) is 24.5 Å². The van der Waals surface area contributed by atoms with Crippen LogP contribution in [-0.4, -0.2) is 36.4 Å². The van der Waals surface area contributed by atoms with Crippen molar-refractivity contribution in [2.45, 2.75) is 6.42 Å². The van der Waals surface area contributed by atoms with Gasteiger partial charge in [0.2, 0.25) is 5.13 Å². The van der Waals surface area contributed by atoms with Crippen LogP contribution in [0.4, 0.5) is 5.13 Å². The monoisotopic (exact) mass is 512 g/mol. The van der Waals surface area contributed by atoms with Crippen LogP contribution in [-0.2, 0) is 11.2 Å². The second-order valence-corrected chi connectivity index (χ2v) is 8.77. The molecule has 0 atom stereocenters. The maximum atomic E-state index is 12.7. The summed E-state index contributed by atoms with van der Waals surface area (Å²) in [6.07, 6.45) is 2.09. The van der Waals surface area contributed by atoms with Crippen molar-refractivity contribution < 1.29 is 19.0 Å². The summed E-state index contributed by atoms with van der Waals surface area (Å²) < 4.78 is 16.8. The zero-order valence-corrected chi connectivity index (χ0v) is 20.9. The number of nitrogens with one attached hydrogen (secondary N) is 1. The molecule has 0 fully saturated rings. The molecule has 0 aliphatic carbocycles. The van der Waals surface area contributed by atoms with Gasteiger partial charge < -0.3 is 14.2 Å². The van der Waals surface area contributed by atoms with Gasteiger partial charge in [0, 0.05) is 6.42 Å². The molecule has 0 spiro atoms. The fourth-order valence-corrected chi connectivity index (χ4v) is 4.12. The Kier molecular flexibility index (Phi) is 8.83. The summed E-state index contributed by atoms with van der Waals surface area (Å²) in [6, 6.07) is 26.4. The van der Waals surface area contributed by atoms with Gasteiger partial charge in [0.05, 0.1) is 7.11 Å². The first-order valence-electron chi connectivity index (χ1n) is 11.4.